The minimum Gasteiger partial charge on any atom is -0.344 e. The van der Waals surface area contributed by atoms with Gasteiger partial charge >= 0.3 is 0 Å². The highest BCUT2D eigenvalue weighted by molar-refractivity contribution is 6.38. The Morgan fingerprint density at radius 1 is 0.822 bits per heavy atom. The summed E-state index contributed by atoms with van der Waals surface area (Å²) >= 11 is 0. The van der Waals surface area contributed by atoms with E-state index in [9.17, 15) is 28.8 Å². The predicted octanol–water partition coefficient (Wildman–Crippen LogP) is 1.97. The van der Waals surface area contributed by atoms with Gasteiger partial charge in [-0.15, -0.1) is 0 Å². The first kappa shape index (κ1) is 33.4. The molecule has 3 N–H and O–H groups in total. The molecule has 2 heterocycles. The largest absolute Gasteiger partial charge is 0.344 e. The Morgan fingerprint density at radius 2 is 1.44 bits per heavy atom. The van der Waals surface area contributed by atoms with Crippen LogP contribution in [0.2, 0.25) is 0 Å². The maximum Gasteiger partial charge on any atom is 0.290 e. The smallest absolute Gasteiger partial charge is 0.290 e. The lowest BCUT2D eigenvalue weighted by Gasteiger charge is -2.37. The first-order valence-electron chi connectivity index (χ1n) is 15.3. The summed E-state index contributed by atoms with van der Waals surface area (Å²) in [7, 11) is 0. The third kappa shape index (κ3) is 7.58. The molecular weight excluding hydrogens is 574 g/mol. The van der Waals surface area contributed by atoms with Crippen molar-refractivity contribution in [3.63, 3.8) is 0 Å². The van der Waals surface area contributed by atoms with Crippen LogP contribution >= 0.6 is 0 Å². The van der Waals surface area contributed by atoms with Crippen molar-refractivity contribution in [1.82, 2.24) is 25.8 Å². The zero-order valence-corrected chi connectivity index (χ0v) is 26.8. The van der Waals surface area contributed by atoms with E-state index < -0.39 is 53.0 Å². The van der Waals surface area contributed by atoms with E-state index in [4.69, 9.17) is 0 Å². The van der Waals surface area contributed by atoms with E-state index in [1.807, 2.05) is 57.2 Å². The average molecular weight is 618 g/mol. The fraction of sp³-hybridized carbons (Fsp3) is 0.471. The van der Waals surface area contributed by atoms with Gasteiger partial charge in [0.1, 0.15) is 12.1 Å². The SMILES string of the molecule is CC(NC(=O)C(N1Cc2ccccc2C1=O)C(C)(C)C)C(=O)NC(C(=O)C(=O)NCC(=O)N1CCc2ccccc2C1)C(C)C. The number of hydrogen-bond acceptors (Lipinski definition) is 6. The molecule has 0 fully saturated rings. The normalized spacial score (nSPS) is 16.3. The number of rotatable bonds is 10. The molecule has 11 heteroatoms. The van der Waals surface area contributed by atoms with Crippen LogP contribution in [0.15, 0.2) is 48.5 Å². The first-order chi connectivity index (χ1) is 21.2. The molecule has 11 nitrogen and oxygen atoms in total. The summed E-state index contributed by atoms with van der Waals surface area (Å²) in [4.78, 5) is 81.7. The quantitative estimate of drug-likeness (QED) is 0.348. The lowest BCUT2D eigenvalue weighted by atomic mass is 9.84. The molecule has 0 radical (unpaired) electrons. The van der Waals surface area contributed by atoms with Crippen LogP contribution in [0.1, 0.15) is 68.6 Å². The van der Waals surface area contributed by atoms with Crippen molar-refractivity contribution in [2.75, 3.05) is 13.1 Å². The Bertz CT molecular complexity index is 1500. The molecule has 0 bridgehead atoms. The summed E-state index contributed by atoms with van der Waals surface area (Å²) in [5.74, 6) is -4.03. The van der Waals surface area contributed by atoms with Gasteiger partial charge in [0.2, 0.25) is 23.5 Å². The van der Waals surface area contributed by atoms with Gasteiger partial charge in [-0.25, -0.2) is 0 Å². The standard InChI is InChI=1S/C34H43N5O6/c1-20(2)27(28(41)31(43)35-17-26(40)38-16-15-22-11-7-8-12-23(22)18-38)37-30(42)21(3)36-32(44)29(34(4,5)6)39-19-24-13-9-10-14-25(24)33(39)45/h7-14,20-21,27,29H,15-19H2,1-6H3,(H,35,43)(H,36,44)(H,37,42). The molecule has 0 aliphatic carbocycles. The summed E-state index contributed by atoms with van der Waals surface area (Å²) in [6.45, 7) is 11.3. The highest BCUT2D eigenvalue weighted by Gasteiger charge is 2.43. The second kappa shape index (κ2) is 13.6. The summed E-state index contributed by atoms with van der Waals surface area (Å²) in [5.41, 5.74) is 2.96. The molecule has 4 rings (SSSR count). The molecule has 2 aliphatic rings. The number of carbonyl (C=O) groups excluding carboxylic acids is 6. The molecule has 0 aromatic heterocycles. The summed E-state index contributed by atoms with van der Waals surface area (Å²) in [6.07, 6.45) is 0.712. The van der Waals surface area contributed by atoms with Crippen LogP contribution in [0.5, 0.6) is 0 Å². The molecule has 45 heavy (non-hydrogen) atoms. The fourth-order valence-electron chi connectivity index (χ4n) is 5.86. The number of Topliss-reactive ketones (excluding diaryl/α,β-unsaturated/α-hetero) is 1. The fourth-order valence-corrected chi connectivity index (χ4v) is 5.86. The zero-order valence-electron chi connectivity index (χ0n) is 26.8. The highest BCUT2D eigenvalue weighted by Crippen LogP contribution is 2.32. The van der Waals surface area contributed by atoms with Crippen LogP contribution in [0, 0.1) is 11.3 Å². The van der Waals surface area contributed by atoms with Gasteiger partial charge in [0.25, 0.3) is 11.8 Å². The summed E-state index contributed by atoms with van der Waals surface area (Å²) in [5, 5.41) is 7.70. The number of hydrogen-bond donors (Lipinski definition) is 3. The number of fused-ring (bicyclic) bond motifs is 2. The van der Waals surface area contributed by atoms with Gasteiger partial charge < -0.3 is 25.8 Å². The van der Waals surface area contributed by atoms with Crippen molar-refractivity contribution in [3.8, 4) is 0 Å². The molecule has 2 aromatic rings. The van der Waals surface area contributed by atoms with Crippen molar-refractivity contribution >= 4 is 35.3 Å². The Morgan fingerprint density at radius 3 is 2.07 bits per heavy atom. The van der Waals surface area contributed by atoms with E-state index in [0.717, 1.165) is 11.1 Å². The van der Waals surface area contributed by atoms with Crippen molar-refractivity contribution in [2.24, 2.45) is 11.3 Å². The molecule has 240 valence electrons. The molecule has 0 saturated carbocycles. The number of ketones is 1. The number of amides is 5. The molecule has 0 spiro atoms. The lowest BCUT2D eigenvalue weighted by Crippen LogP contribution is -2.59. The lowest BCUT2D eigenvalue weighted by molar-refractivity contribution is -0.142. The van der Waals surface area contributed by atoms with Gasteiger partial charge in [-0.05, 0) is 47.4 Å². The topological polar surface area (TPSA) is 145 Å². The number of benzene rings is 2. The molecule has 2 aliphatic heterocycles. The van der Waals surface area contributed by atoms with Crippen LogP contribution in [-0.4, -0.2) is 76.3 Å². The van der Waals surface area contributed by atoms with E-state index in [0.29, 0.717) is 25.1 Å². The maximum absolute atomic E-state index is 13.5. The van der Waals surface area contributed by atoms with Crippen LogP contribution in [0.4, 0.5) is 0 Å². The van der Waals surface area contributed by atoms with Crippen LogP contribution in [0.25, 0.3) is 0 Å². The van der Waals surface area contributed by atoms with E-state index in [2.05, 4.69) is 16.0 Å². The average Bonchev–Trinajstić information content (AvgIpc) is 3.31. The van der Waals surface area contributed by atoms with Crippen LogP contribution in [0.3, 0.4) is 0 Å². The van der Waals surface area contributed by atoms with Gasteiger partial charge in [0.15, 0.2) is 0 Å². The maximum atomic E-state index is 13.5. The van der Waals surface area contributed by atoms with Crippen molar-refractivity contribution in [2.45, 2.75) is 79.2 Å². The van der Waals surface area contributed by atoms with Gasteiger partial charge in [0, 0.05) is 25.2 Å². The van der Waals surface area contributed by atoms with Gasteiger partial charge in [-0.1, -0.05) is 77.1 Å². The van der Waals surface area contributed by atoms with Crippen molar-refractivity contribution in [3.05, 3.63) is 70.8 Å². The predicted molar refractivity (Wildman–Crippen MR) is 168 cm³/mol. The van der Waals surface area contributed by atoms with E-state index in [1.165, 1.54) is 17.4 Å². The molecule has 3 unspecified atom stereocenters. The van der Waals surface area contributed by atoms with Crippen molar-refractivity contribution in [1.29, 1.82) is 0 Å². The Balaban J connectivity index is 1.33. The van der Waals surface area contributed by atoms with Gasteiger partial charge in [-0.3, -0.25) is 28.8 Å². The zero-order chi connectivity index (χ0) is 33.1. The molecule has 5 amide bonds. The minimum absolute atomic E-state index is 0.252. The minimum atomic E-state index is -1.18. The number of nitrogens with one attached hydrogen (secondary N) is 3. The van der Waals surface area contributed by atoms with Gasteiger partial charge in [-0.2, -0.15) is 0 Å². The molecule has 3 atom stereocenters. The first-order valence-corrected chi connectivity index (χ1v) is 15.3. The Labute approximate surface area is 264 Å². The molecule has 2 aromatic carbocycles. The van der Waals surface area contributed by atoms with Crippen LogP contribution < -0.4 is 16.0 Å². The molecule has 0 saturated heterocycles. The van der Waals surface area contributed by atoms with Crippen molar-refractivity contribution < 1.29 is 28.8 Å². The third-order valence-electron chi connectivity index (χ3n) is 8.34. The van der Waals surface area contributed by atoms with Crippen LogP contribution in [-0.2, 0) is 43.5 Å². The monoisotopic (exact) mass is 617 g/mol. The van der Waals surface area contributed by atoms with E-state index >= 15 is 0 Å². The van der Waals surface area contributed by atoms with Gasteiger partial charge in [0.05, 0.1) is 12.6 Å². The summed E-state index contributed by atoms with van der Waals surface area (Å²) < 4.78 is 0. The second-order valence-corrected chi connectivity index (χ2v) is 13.2. The van der Waals surface area contributed by atoms with E-state index in [1.54, 1.807) is 30.9 Å². The Kier molecular flexibility index (Phi) is 10.1. The number of nitrogens with zero attached hydrogens (tertiary/aromatic N) is 2. The molecular formula is C34H43N5O6. The highest BCUT2D eigenvalue weighted by atomic mass is 16.2. The second-order valence-electron chi connectivity index (χ2n) is 13.2. The van der Waals surface area contributed by atoms with E-state index in [-0.39, 0.29) is 24.9 Å². The Hall–Kier alpha value is -4.54. The summed E-state index contributed by atoms with van der Waals surface area (Å²) in [6, 6.07) is 11.9. The third-order valence-corrected chi connectivity index (χ3v) is 8.34. The number of carbonyl (C=O) groups is 6.